The van der Waals surface area contributed by atoms with E-state index in [0.29, 0.717) is 40.5 Å². The second-order valence-corrected chi connectivity index (χ2v) is 14.0. The standard InChI is InChI=1S/C25H28O6.C13H16O4/c1-24(2)9-8-16-20(30-24)7-6-14(23(16)29-5)11-18(26)17-10-15-12-22(28)25(3,4)31-21(15)13-19(17)27;1-13(2)7-6-8-10(17-13)5-4-9(12(14)15)11(8)16-3/h6-10,13,22,27-28H,11-12H2,1-5H3;4-5H,6-7H2,1-3H3,(H,14,15). The summed E-state index contributed by atoms with van der Waals surface area (Å²) in [5, 5.41) is 29.9. The number of aliphatic hydroxyl groups is 1. The maximum Gasteiger partial charge on any atom is 0.339 e. The molecule has 0 radical (unpaired) electrons. The number of hydrogen-bond donors (Lipinski definition) is 3. The topological polar surface area (TPSA) is 141 Å². The number of ketones is 1. The van der Waals surface area contributed by atoms with Gasteiger partial charge in [-0.15, -0.1) is 0 Å². The van der Waals surface area contributed by atoms with Crippen molar-refractivity contribution in [3.8, 4) is 34.5 Å². The average molecular weight is 661 g/mol. The van der Waals surface area contributed by atoms with E-state index in [4.69, 9.17) is 28.8 Å². The number of aromatic hydroxyl groups is 1. The van der Waals surface area contributed by atoms with Crippen LogP contribution in [0.15, 0.2) is 42.5 Å². The number of rotatable bonds is 6. The smallest absolute Gasteiger partial charge is 0.339 e. The summed E-state index contributed by atoms with van der Waals surface area (Å²) in [6.07, 6.45) is 5.21. The number of carbonyl (C=O) groups excluding carboxylic acids is 1. The van der Waals surface area contributed by atoms with Crippen LogP contribution in [0.3, 0.4) is 0 Å². The molecule has 0 saturated carbocycles. The second-order valence-electron chi connectivity index (χ2n) is 14.0. The molecule has 10 heteroatoms. The van der Waals surface area contributed by atoms with Crippen LogP contribution in [0.1, 0.15) is 90.9 Å². The molecule has 3 aliphatic heterocycles. The quantitative estimate of drug-likeness (QED) is 0.248. The Morgan fingerprint density at radius 2 is 1.56 bits per heavy atom. The molecule has 256 valence electrons. The largest absolute Gasteiger partial charge is 0.507 e. The van der Waals surface area contributed by atoms with Gasteiger partial charge in [0.25, 0.3) is 0 Å². The number of Topliss-reactive ketones (excluding diaryl/α,β-unsaturated/α-hetero) is 1. The maximum atomic E-state index is 13.1. The number of phenolic OH excluding ortho intramolecular Hbond substituents is 1. The molecule has 6 rings (SSSR count). The molecule has 0 fully saturated rings. The van der Waals surface area contributed by atoms with E-state index in [9.17, 15) is 19.8 Å². The van der Waals surface area contributed by atoms with Gasteiger partial charge in [-0.05, 0) is 96.4 Å². The van der Waals surface area contributed by atoms with Gasteiger partial charge in [-0.3, -0.25) is 4.79 Å². The normalized spacial score (nSPS) is 19.0. The van der Waals surface area contributed by atoms with Gasteiger partial charge in [0.05, 0.1) is 31.5 Å². The second kappa shape index (κ2) is 12.7. The summed E-state index contributed by atoms with van der Waals surface area (Å²) in [6.45, 7) is 11.6. The van der Waals surface area contributed by atoms with E-state index < -0.39 is 23.3 Å². The van der Waals surface area contributed by atoms with Crippen LogP contribution in [0.25, 0.3) is 6.08 Å². The number of carboxylic acid groups (broad SMARTS) is 1. The van der Waals surface area contributed by atoms with Crippen LogP contribution >= 0.6 is 0 Å². The van der Waals surface area contributed by atoms with Crippen molar-refractivity contribution >= 4 is 17.8 Å². The van der Waals surface area contributed by atoms with Crippen LogP contribution in [0.2, 0.25) is 0 Å². The molecule has 0 bridgehead atoms. The predicted molar refractivity (Wildman–Crippen MR) is 180 cm³/mol. The Morgan fingerprint density at radius 1 is 0.875 bits per heavy atom. The first-order chi connectivity index (χ1) is 22.4. The number of benzene rings is 3. The van der Waals surface area contributed by atoms with Crippen molar-refractivity contribution < 1.29 is 48.6 Å². The Balaban J connectivity index is 0.000000224. The summed E-state index contributed by atoms with van der Waals surface area (Å²) in [7, 11) is 3.05. The Labute approximate surface area is 280 Å². The SMILES string of the molecule is COc1c(C(=O)O)ccc2c1CCC(C)(C)O2.COc1c(CC(=O)c2cc3c(cc2O)OC(C)(C)C(O)C3)ccc2c1C=CC(C)(C)O2. The Hall–Kier alpha value is -4.70. The number of fused-ring (bicyclic) bond motifs is 3. The summed E-state index contributed by atoms with van der Waals surface area (Å²) in [5.74, 6) is 1.54. The van der Waals surface area contributed by atoms with E-state index in [-0.39, 0.29) is 34.7 Å². The molecule has 3 aromatic rings. The molecule has 3 aliphatic rings. The lowest BCUT2D eigenvalue weighted by molar-refractivity contribution is -0.0412. The molecule has 10 nitrogen and oxygen atoms in total. The summed E-state index contributed by atoms with van der Waals surface area (Å²) >= 11 is 0. The monoisotopic (exact) mass is 660 g/mol. The summed E-state index contributed by atoms with van der Waals surface area (Å²) in [5.41, 5.74) is 2.06. The predicted octanol–water partition coefficient (Wildman–Crippen LogP) is 6.58. The fourth-order valence-electron chi connectivity index (χ4n) is 6.14. The summed E-state index contributed by atoms with van der Waals surface area (Å²) in [6, 6.07) is 9.96. The molecule has 0 aliphatic carbocycles. The van der Waals surface area contributed by atoms with Gasteiger partial charge < -0.3 is 39.0 Å². The van der Waals surface area contributed by atoms with E-state index >= 15 is 0 Å². The van der Waals surface area contributed by atoms with Crippen LogP contribution < -0.4 is 23.7 Å². The minimum atomic E-state index is -0.977. The molecule has 0 amide bonds. The average Bonchev–Trinajstić information content (AvgIpc) is 3.00. The lowest BCUT2D eigenvalue weighted by atomic mass is 9.89. The molecule has 0 aromatic heterocycles. The molecule has 3 heterocycles. The van der Waals surface area contributed by atoms with Crippen LogP contribution in [-0.4, -0.2) is 64.2 Å². The molecular weight excluding hydrogens is 616 g/mol. The zero-order valence-electron chi connectivity index (χ0n) is 28.7. The third-order valence-electron chi connectivity index (χ3n) is 8.90. The van der Waals surface area contributed by atoms with Crippen LogP contribution in [0, 0.1) is 0 Å². The third kappa shape index (κ3) is 6.94. The van der Waals surface area contributed by atoms with Crippen LogP contribution in [0.4, 0.5) is 0 Å². The number of hydrogen-bond acceptors (Lipinski definition) is 9. The van der Waals surface area contributed by atoms with Crippen LogP contribution in [0.5, 0.6) is 34.5 Å². The highest BCUT2D eigenvalue weighted by Crippen LogP contribution is 2.42. The van der Waals surface area contributed by atoms with Gasteiger partial charge in [-0.1, -0.05) is 6.07 Å². The number of ether oxygens (including phenoxy) is 5. The van der Waals surface area contributed by atoms with Gasteiger partial charge in [0.2, 0.25) is 0 Å². The molecule has 1 atom stereocenters. The molecule has 1 unspecified atom stereocenters. The fourth-order valence-corrected chi connectivity index (χ4v) is 6.14. The maximum absolute atomic E-state index is 13.1. The Kier molecular flexibility index (Phi) is 9.18. The lowest BCUT2D eigenvalue weighted by Crippen LogP contribution is -2.46. The molecule has 3 aromatic carbocycles. The number of aromatic carboxylic acids is 1. The molecule has 3 N–H and O–H groups in total. The van der Waals surface area contributed by atoms with Crippen molar-refractivity contribution in [2.75, 3.05) is 14.2 Å². The first kappa shape index (κ1) is 34.6. The summed E-state index contributed by atoms with van der Waals surface area (Å²) in [4.78, 5) is 24.2. The molecule has 0 saturated heterocycles. The first-order valence-electron chi connectivity index (χ1n) is 15.9. The van der Waals surface area contributed by atoms with Gasteiger partial charge in [-0.25, -0.2) is 4.79 Å². The van der Waals surface area contributed by atoms with Crippen molar-refractivity contribution in [3.63, 3.8) is 0 Å². The van der Waals surface area contributed by atoms with Crippen molar-refractivity contribution in [3.05, 3.63) is 75.9 Å². The number of carboxylic acids is 1. The Bertz CT molecular complexity index is 1780. The van der Waals surface area contributed by atoms with Gasteiger partial charge in [0.1, 0.15) is 56.9 Å². The van der Waals surface area contributed by atoms with Crippen molar-refractivity contribution in [2.24, 2.45) is 0 Å². The summed E-state index contributed by atoms with van der Waals surface area (Å²) < 4.78 is 28.4. The minimum Gasteiger partial charge on any atom is -0.507 e. The zero-order valence-corrected chi connectivity index (χ0v) is 28.7. The highest BCUT2D eigenvalue weighted by molar-refractivity contribution is 6.01. The fraction of sp³-hybridized carbons (Fsp3) is 0.421. The van der Waals surface area contributed by atoms with Gasteiger partial charge >= 0.3 is 5.97 Å². The number of carbonyl (C=O) groups is 2. The van der Waals surface area contributed by atoms with Crippen molar-refractivity contribution in [2.45, 2.75) is 90.1 Å². The van der Waals surface area contributed by atoms with E-state index in [1.165, 1.54) is 19.2 Å². The van der Waals surface area contributed by atoms with E-state index in [2.05, 4.69) is 0 Å². The molecular formula is C38H44O10. The third-order valence-corrected chi connectivity index (χ3v) is 8.90. The molecule has 0 spiro atoms. The van der Waals surface area contributed by atoms with E-state index in [1.54, 1.807) is 33.1 Å². The van der Waals surface area contributed by atoms with Gasteiger partial charge in [0.15, 0.2) is 5.78 Å². The van der Waals surface area contributed by atoms with Crippen LogP contribution in [-0.2, 0) is 19.3 Å². The van der Waals surface area contributed by atoms with Crippen molar-refractivity contribution in [1.82, 2.24) is 0 Å². The van der Waals surface area contributed by atoms with Gasteiger partial charge in [-0.2, -0.15) is 0 Å². The highest BCUT2D eigenvalue weighted by atomic mass is 16.5. The van der Waals surface area contributed by atoms with Crippen molar-refractivity contribution in [1.29, 1.82) is 0 Å². The highest BCUT2D eigenvalue weighted by Gasteiger charge is 2.37. The van der Waals surface area contributed by atoms with E-state index in [1.807, 2.05) is 52.0 Å². The Morgan fingerprint density at radius 3 is 2.23 bits per heavy atom. The van der Waals surface area contributed by atoms with E-state index in [0.717, 1.165) is 29.7 Å². The lowest BCUT2D eigenvalue weighted by Gasteiger charge is -2.37. The van der Waals surface area contributed by atoms with Gasteiger partial charge in [0, 0.05) is 30.0 Å². The number of phenols is 1. The first-order valence-corrected chi connectivity index (χ1v) is 15.9. The number of methoxy groups -OCH3 is 2. The zero-order chi connectivity index (χ0) is 35.2. The molecule has 48 heavy (non-hydrogen) atoms. The minimum absolute atomic E-state index is 0.0505. The number of aliphatic hydroxyl groups excluding tert-OH is 1.